The van der Waals surface area contributed by atoms with E-state index in [9.17, 15) is 4.79 Å². The van der Waals surface area contributed by atoms with Crippen LogP contribution in [0.3, 0.4) is 0 Å². The first-order valence-electron chi connectivity index (χ1n) is 9.79. The van der Waals surface area contributed by atoms with Crippen LogP contribution >= 0.6 is 0 Å². The van der Waals surface area contributed by atoms with Crippen LogP contribution in [0.25, 0.3) is 33.4 Å². The molecule has 0 unspecified atom stereocenters. The second-order valence-electron chi connectivity index (χ2n) is 7.31. The number of aromatic nitrogens is 3. The number of para-hydroxylation sites is 1. The number of fused-ring (bicyclic) bond motifs is 2. The molecule has 1 N–H and O–H groups in total. The smallest absolute Gasteiger partial charge is 0.297 e. The Bertz CT molecular complexity index is 1410. The molecule has 5 rings (SSSR count). The van der Waals surface area contributed by atoms with Gasteiger partial charge < -0.3 is 14.6 Å². The van der Waals surface area contributed by atoms with Gasteiger partial charge >= 0.3 is 0 Å². The number of rotatable bonds is 4. The van der Waals surface area contributed by atoms with Crippen LogP contribution in [0.15, 0.2) is 77.3 Å². The third kappa shape index (κ3) is 3.57. The molecule has 2 aromatic carbocycles. The number of carbonyl (C=O) groups excluding carboxylic acids is 1. The molecule has 152 valence electrons. The maximum absolute atomic E-state index is 13.2. The summed E-state index contributed by atoms with van der Waals surface area (Å²) in [4.78, 5) is 28.5. The molecule has 31 heavy (non-hydrogen) atoms. The summed E-state index contributed by atoms with van der Waals surface area (Å²) < 4.78 is 5.68. The number of oxazole rings is 1. The first kappa shape index (κ1) is 18.7. The number of nitrogens with one attached hydrogen (secondary N) is 1. The lowest BCUT2D eigenvalue weighted by atomic mass is 10.1. The molecule has 0 bridgehead atoms. The number of hydrogen-bond acceptors (Lipinski definition) is 6. The van der Waals surface area contributed by atoms with Crippen LogP contribution in [-0.4, -0.2) is 35.0 Å². The molecule has 3 heterocycles. The van der Waals surface area contributed by atoms with E-state index >= 15 is 0 Å². The summed E-state index contributed by atoms with van der Waals surface area (Å²) in [6.45, 7) is 0. The predicted molar refractivity (Wildman–Crippen MR) is 121 cm³/mol. The number of pyridine rings is 2. The maximum atomic E-state index is 13.2. The molecule has 1 amide bonds. The zero-order valence-corrected chi connectivity index (χ0v) is 17.0. The first-order valence-corrected chi connectivity index (χ1v) is 9.79. The van der Waals surface area contributed by atoms with Crippen molar-refractivity contribution in [2.75, 3.05) is 24.3 Å². The average Bonchev–Trinajstić information content (AvgIpc) is 3.23. The van der Waals surface area contributed by atoms with Crippen molar-refractivity contribution in [2.24, 2.45) is 0 Å². The van der Waals surface area contributed by atoms with Crippen LogP contribution in [-0.2, 0) is 0 Å². The Hall–Kier alpha value is -4.26. The van der Waals surface area contributed by atoms with Gasteiger partial charge in [0.1, 0.15) is 5.52 Å². The average molecular weight is 409 g/mol. The van der Waals surface area contributed by atoms with Gasteiger partial charge in [0.05, 0.1) is 22.5 Å². The molecular formula is C24H19N5O2. The van der Waals surface area contributed by atoms with Crippen LogP contribution in [0.5, 0.6) is 0 Å². The van der Waals surface area contributed by atoms with Gasteiger partial charge in [-0.2, -0.15) is 4.98 Å². The Labute approximate surface area is 178 Å². The van der Waals surface area contributed by atoms with Gasteiger partial charge in [-0.25, -0.2) is 4.98 Å². The van der Waals surface area contributed by atoms with E-state index in [-0.39, 0.29) is 5.91 Å². The van der Waals surface area contributed by atoms with Gasteiger partial charge in [-0.1, -0.05) is 24.3 Å². The van der Waals surface area contributed by atoms with Crippen LogP contribution in [0.4, 0.5) is 11.7 Å². The minimum Gasteiger partial charge on any atom is -0.423 e. The van der Waals surface area contributed by atoms with Gasteiger partial charge in [-0.3, -0.25) is 9.78 Å². The van der Waals surface area contributed by atoms with E-state index < -0.39 is 0 Å². The fourth-order valence-corrected chi connectivity index (χ4v) is 3.39. The summed E-state index contributed by atoms with van der Waals surface area (Å²) in [5.41, 5.74) is 4.59. The second-order valence-corrected chi connectivity index (χ2v) is 7.31. The Morgan fingerprint density at radius 1 is 0.903 bits per heavy atom. The van der Waals surface area contributed by atoms with Gasteiger partial charge in [0.25, 0.3) is 11.9 Å². The van der Waals surface area contributed by atoms with Crippen molar-refractivity contribution >= 4 is 39.6 Å². The normalized spacial score (nSPS) is 11.0. The summed E-state index contributed by atoms with van der Waals surface area (Å²) in [6, 6.07) is 20.9. The molecule has 0 radical (unpaired) electrons. The number of benzene rings is 2. The van der Waals surface area contributed by atoms with Crippen LogP contribution in [0, 0.1) is 0 Å². The lowest BCUT2D eigenvalue weighted by molar-refractivity contribution is 0.102. The first-order chi connectivity index (χ1) is 15.1. The fraction of sp³-hybridized carbons (Fsp3) is 0.0833. The van der Waals surface area contributed by atoms with E-state index in [4.69, 9.17) is 4.42 Å². The highest BCUT2D eigenvalue weighted by molar-refractivity contribution is 6.13. The minimum absolute atomic E-state index is 0.230. The molecule has 5 aromatic rings. The summed E-state index contributed by atoms with van der Waals surface area (Å²) in [7, 11) is 3.72. The lowest BCUT2D eigenvalue weighted by Crippen LogP contribution is -2.13. The molecule has 0 spiro atoms. The van der Waals surface area contributed by atoms with Crippen molar-refractivity contribution in [1.82, 2.24) is 15.0 Å². The Morgan fingerprint density at radius 3 is 2.55 bits per heavy atom. The Kier molecular flexibility index (Phi) is 4.55. The largest absolute Gasteiger partial charge is 0.423 e. The highest BCUT2D eigenvalue weighted by Gasteiger charge is 2.16. The standard InChI is InChI=1S/C24H19N5O2/c1-29(2)24-28-21-13-15(10-11-22(21)31-24)26-23(30)17-14-20(19-9-5-6-12-25-19)27-18-8-4-3-7-16(17)18/h3-14H,1-2H3,(H,26,30). The van der Waals surface area contributed by atoms with E-state index in [0.717, 1.165) is 10.9 Å². The number of hydrogen-bond donors (Lipinski definition) is 1. The molecule has 0 saturated carbocycles. The maximum Gasteiger partial charge on any atom is 0.297 e. The van der Waals surface area contributed by atoms with E-state index in [1.807, 2.05) is 56.6 Å². The third-order valence-electron chi connectivity index (χ3n) is 4.90. The van der Waals surface area contributed by atoms with Crippen LogP contribution < -0.4 is 10.2 Å². The number of amides is 1. The Morgan fingerprint density at radius 2 is 1.74 bits per heavy atom. The van der Waals surface area contributed by atoms with Crippen LogP contribution in [0.1, 0.15) is 10.4 Å². The molecule has 0 atom stereocenters. The molecule has 0 fully saturated rings. The summed E-state index contributed by atoms with van der Waals surface area (Å²) in [6.07, 6.45) is 1.71. The van der Waals surface area contributed by atoms with Gasteiger partial charge in [0.15, 0.2) is 5.58 Å². The van der Waals surface area contributed by atoms with Crippen molar-refractivity contribution in [3.63, 3.8) is 0 Å². The quantitative estimate of drug-likeness (QED) is 0.461. The molecular weight excluding hydrogens is 390 g/mol. The number of carbonyl (C=O) groups is 1. The molecule has 7 heteroatoms. The molecule has 0 aliphatic rings. The van der Waals surface area contributed by atoms with Crippen molar-refractivity contribution in [3.05, 3.63) is 78.5 Å². The van der Waals surface area contributed by atoms with Gasteiger partial charge in [0.2, 0.25) is 0 Å². The fourth-order valence-electron chi connectivity index (χ4n) is 3.39. The Balaban J connectivity index is 1.54. The summed E-state index contributed by atoms with van der Waals surface area (Å²) in [5.74, 6) is -0.230. The van der Waals surface area contributed by atoms with Crippen LogP contribution in [0.2, 0.25) is 0 Å². The highest BCUT2D eigenvalue weighted by atomic mass is 16.4. The topological polar surface area (TPSA) is 84.2 Å². The zero-order chi connectivity index (χ0) is 21.4. The van der Waals surface area contributed by atoms with Crippen molar-refractivity contribution in [1.29, 1.82) is 0 Å². The van der Waals surface area contributed by atoms with E-state index in [2.05, 4.69) is 20.3 Å². The monoisotopic (exact) mass is 409 g/mol. The van der Waals surface area contributed by atoms with Gasteiger partial charge in [-0.05, 0) is 42.5 Å². The van der Waals surface area contributed by atoms with Crippen molar-refractivity contribution in [2.45, 2.75) is 0 Å². The molecule has 7 nitrogen and oxygen atoms in total. The molecule has 0 aliphatic carbocycles. The number of nitrogens with zero attached hydrogens (tertiary/aromatic N) is 4. The summed E-state index contributed by atoms with van der Waals surface area (Å²) >= 11 is 0. The molecule has 0 aliphatic heterocycles. The van der Waals surface area contributed by atoms with E-state index in [0.29, 0.717) is 39.8 Å². The van der Waals surface area contributed by atoms with Gasteiger partial charge in [-0.15, -0.1) is 0 Å². The minimum atomic E-state index is -0.230. The SMILES string of the molecule is CN(C)c1nc2cc(NC(=O)c3cc(-c4ccccn4)nc4ccccc34)ccc2o1. The second kappa shape index (κ2) is 7.53. The summed E-state index contributed by atoms with van der Waals surface area (Å²) in [5, 5.41) is 3.75. The third-order valence-corrected chi connectivity index (χ3v) is 4.90. The van der Waals surface area contributed by atoms with Crippen molar-refractivity contribution < 1.29 is 9.21 Å². The molecule has 3 aromatic heterocycles. The van der Waals surface area contributed by atoms with E-state index in [1.54, 1.807) is 35.4 Å². The lowest BCUT2D eigenvalue weighted by Gasteiger charge is -2.10. The van der Waals surface area contributed by atoms with E-state index in [1.165, 1.54) is 0 Å². The predicted octanol–water partition coefficient (Wildman–Crippen LogP) is 4.76. The number of anilines is 2. The van der Waals surface area contributed by atoms with Crippen molar-refractivity contribution in [3.8, 4) is 11.4 Å². The molecule has 0 saturated heterocycles. The highest BCUT2D eigenvalue weighted by Crippen LogP contribution is 2.26. The zero-order valence-electron chi connectivity index (χ0n) is 17.0. The van der Waals surface area contributed by atoms with Gasteiger partial charge in [0, 0.05) is 31.4 Å².